The number of likely N-dealkylation sites (tertiary alicyclic amines) is 1. The summed E-state index contributed by atoms with van der Waals surface area (Å²) in [6.45, 7) is 1.48. The first-order valence-electron chi connectivity index (χ1n) is 9.87. The van der Waals surface area contributed by atoms with Crippen molar-refractivity contribution >= 4 is 11.8 Å². The van der Waals surface area contributed by atoms with Crippen LogP contribution in [0.5, 0.6) is 5.75 Å². The van der Waals surface area contributed by atoms with E-state index in [1.807, 2.05) is 56.6 Å². The first-order valence-corrected chi connectivity index (χ1v) is 9.87. The van der Waals surface area contributed by atoms with E-state index in [1.54, 1.807) is 12.0 Å². The van der Waals surface area contributed by atoms with Crippen molar-refractivity contribution in [1.82, 2.24) is 15.1 Å². The highest BCUT2D eigenvalue weighted by atomic mass is 16.5. The van der Waals surface area contributed by atoms with Crippen molar-refractivity contribution in [1.29, 1.82) is 0 Å². The van der Waals surface area contributed by atoms with Gasteiger partial charge in [0.25, 0.3) is 0 Å². The van der Waals surface area contributed by atoms with Crippen LogP contribution in [0.3, 0.4) is 0 Å². The highest BCUT2D eigenvalue weighted by Gasteiger charge is 2.34. The SMILES string of the molecule is COc1ccc(CN2CC(C(=O)NCC(c3ccccc3)N(C)C)CC2=O)cc1. The van der Waals surface area contributed by atoms with Gasteiger partial charge in [0.1, 0.15) is 5.75 Å². The van der Waals surface area contributed by atoms with E-state index >= 15 is 0 Å². The third kappa shape index (κ3) is 5.35. The number of methoxy groups -OCH3 is 1. The fraction of sp³-hybridized carbons (Fsp3) is 0.391. The summed E-state index contributed by atoms with van der Waals surface area (Å²) in [7, 11) is 5.62. The Morgan fingerprint density at radius 3 is 2.48 bits per heavy atom. The van der Waals surface area contributed by atoms with E-state index in [0.717, 1.165) is 16.9 Å². The number of likely N-dealkylation sites (N-methyl/N-ethyl adjacent to an activating group) is 1. The number of amides is 2. The molecule has 0 aliphatic carbocycles. The third-order valence-electron chi connectivity index (χ3n) is 5.40. The van der Waals surface area contributed by atoms with Crippen molar-refractivity contribution in [3.8, 4) is 5.75 Å². The van der Waals surface area contributed by atoms with Crippen LogP contribution in [0, 0.1) is 5.92 Å². The van der Waals surface area contributed by atoms with E-state index in [9.17, 15) is 9.59 Å². The van der Waals surface area contributed by atoms with Crippen molar-refractivity contribution in [2.24, 2.45) is 5.92 Å². The Hall–Kier alpha value is -2.86. The summed E-state index contributed by atoms with van der Waals surface area (Å²) in [5, 5.41) is 3.05. The molecule has 1 heterocycles. The Morgan fingerprint density at radius 1 is 1.17 bits per heavy atom. The zero-order chi connectivity index (χ0) is 20.8. The molecule has 1 aliphatic heterocycles. The molecule has 1 fully saturated rings. The van der Waals surface area contributed by atoms with Crippen molar-refractivity contribution in [3.05, 3.63) is 65.7 Å². The lowest BCUT2D eigenvalue weighted by molar-refractivity contribution is -0.129. The van der Waals surface area contributed by atoms with Gasteiger partial charge in [-0.25, -0.2) is 0 Å². The Balaban J connectivity index is 1.55. The van der Waals surface area contributed by atoms with E-state index in [2.05, 4.69) is 22.3 Å². The molecule has 1 aliphatic rings. The van der Waals surface area contributed by atoms with Crippen molar-refractivity contribution in [3.63, 3.8) is 0 Å². The largest absolute Gasteiger partial charge is 0.497 e. The van der Waals surface area contributed by atoms with Gasteiger partial charge < -0.3 is 19.9 Å². The lowest BCUT2D eigenvalue weighted by Crippen LogP contribution is -2.38. The topological polar surface area (TPSA) is 61.9 Å². The number of hydrogen-bond acceptors (Lipinski definition) is 4. The highest BCUT2D eigenvalue weighted by Crippen LogP contribution is 2.22. The molecule has 2 atom stereocenters. The Morgan fingerprint density at radius 2 is 1.86 bits per heavy atom. The lowest BCUT2D eigenvalue weighted by Gasteiger charge is -2.25. The Labute approximate surface area is 172 Å². The minimum Gasteiger partial charge on any atom is -0.497 e. The number of ether oxygens (including phenoxy) is 1. The van der Waals surface area contributed by atoms with Crippen LogP contribution in [0.4, 0.5) is 0 Å². The van der Waals surface area contributed by atoms with Crippen LogP contribution in [0.1, 0.15) is 23.6 Å². The van der Waals surface area contributed by atoms with Gasteiger partial charge in [0, 0.05) is 26.1 Å². The minimum absolute atomic E-state index is 0.0215. The average molecular weight is 396 g/mol. The molecule has 2 aromatic carbocycles. The van der Waals surface area contributed by atoms with Crippen molar-refractivity contribution < 1.29 is 14.3 Å². The summed E-state index contributed by atoms with van der Waals surface area (Å²) in [6.07, 6.45) is 0.264. The quantitative estimate of drug-likeness (QED) is 0.746. The highest BCUT2D eigenvalue weighted by molar-refractivity contribution is 5.89. The summed E-state index contributed by atoms with van der Waals surface area (Å²) in [6, 6.07) is 17.8. The smallest absolute Gasteiger partial charge is 0.225 e. The van der Waals surface area contributed by atoms with Gasteiger partial charge in [-0.2, -0.15) is 0 Å². The fourth-order valence-corrected chi connectivity index (χ4v) is 3.67. The number of carbonyl (C=O) groups excluding carboxylic acids is 2. The van der Waals surface area contributed by atoms with Gasteiger partial charge in [0.2, 0.25) is 11.8 Å². The monoisotopic (exact) mass is 395 g/mol. The predicted molar refractivity (Wildman–Crippen MR) is 112 cm³/mol. The van der Waals surface area contributed by atoms with Gasteiger partial charge in [-0.05, 0) is 37.4 Å². The first-order chi connectivity index (χ1) is 14.0. The number of rotatable bonds is 8. The molecule has 0 bridgehead atoms. The summed E-state index contributed by atoms with van der Waals surface area (Å²) in [5.41, 5.74) is 2.18. The zero-order valence-electron chi connectivity index (χ0n) is 17.3. The van der Waals surface area contributed by atoms with Gasteiger partial charge in [-0.1, -0.05) is 42.5 Å². The molecule has 0 radical (unpaired) electrons. The number of nitrogens with zero attached hydrogens (tertiary/aromatic N) is 2. The summed E-state index contributed by atoms with van der Waals surface area (Å²) in [4.78, 5) is 28.9. The molecular formula is C23H29N3O3. The van der Waals surface area contributed by atoms with Gasteiger partial charge in [-0.15, -0.1) is 0 Å². The normalized spacial score (nSPS) is 17.4. The van der Waals surface area contributed by atoms with Gasteiger partial charge in [0.05, 0.1) is 19.1 Å². The van der Waals surface area contributed by atoms with Crippen LogP contribution in [0.15, 0.2) is 54.6 Å². The first kappa shape index (κ1) is 20.9. The second-order valence-corrected chi connectivity index (χ2v) is 7.66. The van der Waals surface area contributed by atoms with Crippen LogP contribution in [-0.4, -0.2) is 55.9 Å². The van der Waals surface area contributed by atoms with E-state index in [-0.39, 0.29) is 30.2 Å². The molecule has 0 saturated carbocycles. The summed E-state index contributed by atoms with van der Waals surface area (Å²) >= 11 is 0. The molecule has 2 amide bonds. The van der Waals surface area contributed by atoms with E-state index in [4.69, 9.17) is 4.74 Å². The molecule has 6 nitrogen and oxygen atoms in total. The maximum Gasteiger partial charge on any atom is 0.225 e. The van der Waals surface area contributed by atoms with Crippen LogP contribution in [-0.2, 0) is 16.1 Å². The number of hydrogen-bond donors (Lipinski definition) is 1. The molecule has 1 saturated heterocycles. The minimum atomic E-state index is -0.306. The standard InChI is InChI=1S/C23H29N3O3/c1-25(2)21(18-7-5-4-6-8-18)14-24-23(28)19-13-22(27)26(16-19)15-17-9-11-20(29-3)12-10-17/h4-12,19,21H,13-16H2,1-3H3,(H,24,28). The third-order valence-corrected chi connectivity index (χ3v) is 5.40. The van der Waals surface area contributed by atoms with Gasteiger partial charge >= 0.3 is 0 Å². The second-order valence-electron chi connectivity index (χ2n) is 7.66. The molecule has 1 N–H and O–H groups in total. The summed E-state index contributed by atoms with van der Waals surface area (Å²) < 4.78 is 5.17. The number of carbonyl (C=O) groups is 2. The molecule has 0 aromatic heterocycles. The second kappa shape index (κ2) is 9.56. The van der Waals surface area contributed by atoms with E-state index in [1.165, 1.54) is 0 Å². The predicted octanol–water partition coefficient (Wildman–Crippen LogP) is 2.46. The van der Waals surface area contributed by atoms with Crippen LogP contribution < -0.4 is 10.1 Å². The van der Waals surface area contributed by atoms with Crippen LogP contribution in [0.25, 0.3) is 0 Å². The van der Waals surface area contributed by atoms with E-state index in [0.29, 0.717) is 19.6 Å². The fourth-order valence-electron chi connectivity index (χ4n) is 3.67. The molecule has 2 aromatic rings. The van der Waals surface area contributed by atoms with E-state index < -0.39 is 0 Å². The Kier molecular flexibility index (Phi) is 6.88. The molecule has 0 spiro atoms. The molecule has 154 valence electrons. The van der Waals surface area contributed by atoms with Crippen LogP contribution >= 0.6 is 0 Å². The molecular weight excluding hydrogens is 366 g/mol. The number of benzene rings is 2. The lowest BCUT2D eigenvalue weighted by atomic mass is 10.0. The molecule has 3 rings (SSSR count). The average Bonchev–Trinajstić information content (AvgIpc) is 3.09. The summed E-state index contributed by atoms with van der Waals surface area (Å²) in [5.74, 6) is 0.443. The van der Waals surface area contributed by atoms with Crippen molar-refractivity contribution in [2.45, 2.75) is 19.0 Å². The van der Waals surface area contributed by atoms with Crippen molar-refractivity contribution in [2.75, 3.05) is 34.3 Å². The number of nitrogens with one attached hydrogen (secondary N) is 1. The zero-order valence-corrected chi connectivity index (χ0v) is 17.3. The molecule has 6 heteroatoms. The maximum absolute atomic E-state index is 12.7. The Bertz CT molecular complexity index is 821. The molecule has 29 heavy (non-hydrogen) atoms. The maximum atomic E-state index is 12.7. The van der Waals surface area contributed by atoms with Gasteiger partial charge in [-0.3, -0.25) is 9.59 Å². The van der Waals surface area contributed by atoms with Gasteiger partial charge in [0.15, 0.2) is 0 Å². The van der Waals surface area contributed by atoms with Crippen LogP contribution in [0.2, 0.25) is 0 Å². The molecule has 2 unspecified atom stereocenters.